The first-order chi connectivity index (χ1) is 13.6. The summed E-state index contributed by atoms with van der Waals surface area (Å²) >= 11 is 0. The lowest BCUT2D eigenvalue weighted by Crippen LogP contribution is -2.30. The molecule has 0 spiro atoms. The molecule has 0 aliphatic carbocycles. The highest BCUT2D eigenvalue weighted by molar-refractivity contribution is 5.98. The van der Waals surface area contributed by atoms with Crippen LogP contribution in [0.4, 0.5) is 5.69 Å². The molecule has 0 saturated carbocycles. The number of nitrogens with one attached hydrogen (secondary N) is 1. The van der Waals surface area contributed by atoms with E-state index in [9.17, 15) is 9.59 Å². The normalized spacial score (nSPS) is 11.1. The second-order valence-corrected chi connectivity index (χ2v) is 6.14. The van der Waals surface area contributed by atoms with Crippen LogP contribution in [0.1, 0.15) is 22.8 Å². The van der Waals surface area contributed by atoms with E-state index in [-0.39, 0.29) is 0 Å². The molecule has 3 aromatic rings. The topological polar surface area (TPSA) is 79.2 Å². The van der Waals surface area contributed by atoms with Gasteiger partial charge < -0.3 is 10.1 Å². The fourth-order valence-corrected chi connectivity index (χ4v) is 2.64. The van der Waals surface area contributed by atoms with Crippen LogP contribution >= 0.6 is 0 Å². The molecule has 1 amide bonds. The molecule has 1 atom stereocenters. The molecule has 0 aliphatic heterocycles. The Kier molecular flexibility index (Phi) is 5.83. The minimum Gasteiger partial charge on any atom is -0.449 e. The number of esters is 1. The van der Waals surface area contributed by atoms with Gasteiger partial charge in [-0.1, -0.05) is 54.6 Å². The molecule has 3 rings (SSSR count). The van der Waals surface area contributed by atoms with E-state index < -0.39 is 18.0 Å². The number of ether oxygens (including phenoxy) is 1. The molecule has 0 radical (unpaired) electrons. The van der Waals surface area contributed by atoms with Crippen molar-refractivity contribution in [2.75, 3.05) is 5.32 Å². The van der Waals surface area contributed by atoms with Gasteiger partial charge in [-0.2, -0.15) is 5.26 Å². The first-order valence-corrected chi connectivity index (χ1v) is 8.75. The zero-order valence-corrected chi connectivity index (χ0v) is 15.3. The van der Waals surface area contributed by atoms with E-state index in [0.717, 1.165) is 11.1 Å². The molecule has 3 aromatic carbocycles. The maximum Gasteiger partial charge on any atom is 0.338 e. The van der Waals surface area contributed by atoms with E-state index in [4.69, 9.17) is 10.00 Å². The molecule has 138 valence electrons. The summed E-state index contributed by atoms with van der Waals surface area (Å²) in [4.78, 5) is 24.6. The van der Waals surface area contributed by atoms with Gasteiger partial charge in [0.1, 0.15) is 6.07 Å². The molecule has 5 nitrogen and oxygen atoms in total. The Hall–Kier alpha value is -3.91. The Labute approximate surface area is 163 Å². The second-order valence-electron chi connectivity index (χ2n) is 6.14. The van der Waals surface area contributed by atoms with Crippen molar-refractivity contribution < 1.29 is 14.3 Å². The number of para-hydroxylation sites is 1. The third-order valence-corrected chi connectivity index (χ3v) is 4.19. The Balaban J connectivity index is 1.64. The van der Waals surface area contributed by atoms with Crippen LogP contribution in [0, 0.1) is 11.3 Å². The molecule has 0 aliphatic rings. The van der Waals surface area contributed by atoms with Gasteiger partial charge in [0.15, 0.2) is 6.10 Å². The van der Waals surface area contributed by atoms with Gasteiger partial charge in [0.25, 0.3) is 5.91 Å². The summed E-state index contributed by atoms with van der Waals surface area (Å²) in [6.45, 7) is 1.49. The smallest absolute Gasteiger partial charge is 0.338 e. The van der Waals surface area contributed by atoms with E-state index >= 15 is 0 Å². The Morgan fingerprint density at radius 2 is 1.50 bits per heavy atom. The monoisotopic (exact) mass is 370 g/mol. The quantitative estimate of drug-likeness (QED) is 0.675. The molecule has 5 heteroatoms. The van der Waals surface area contributed by atoms with Crippen molar-refractivity contribution in [1.29, 1.82) is 5.26 Å². The van der Waals surface area contributed by atoms with Crippen LogP contribution in [0.5, 0.6) is 0 Å². The fourth-order valence-electron chi connectivity index (χ4n) is 2.64. The number of carbonyl (C=O) groups is 2. The largest absolute Gasteiger partial charge is 0.449 e. The zero-order chi connectivity index (χ0) is 19.9. The molecule has 0 bridgehead atoms. The number of nitrogens with zero attached hydrogens (tertiary/aromatic N) is 1. The molecule has 0 fully saturated rings. The Morgan fingerprint density at radius 3 is 2.18 bits per heavy atom. The van der Waals surface area contributed by atoms with Gasteiger partial charge in [0.05, 0.1) is 16.8 Å². The van der Waals surface area contributed by atoms with Gasteiger partial charge in [-0.15, -0.1) is 0 Å². The molecular weight excluding hydrogens is 352 g/mol. The van der Waals surface area contributed by atoms with Crippen molar-refractivity contribution in [3.05, 3.63) is 90.0 Å². The van der Waals surface area contributed by atoms with Crippen LogP contribution in [0.25, 0.3) is 11.1 Å². The SMILES string of the molecule is C[C@H](OC(=O)c1ccc(-c2ccccc2)cc1)C(=O)Nc1ccccc1C#N. The van der Waals surface area contributed by atoms with Crippen LogP contribution in [-0.2, 0) is 9.53 Å². The van der Waals surface area contributed by atoms with Gasteiger partial charge >= 0.3 is 5.97 Å². The van der Waals surface area contributed by atoms with Crippen molar-refractivity contribution in [2.45, 2.75) is 13.0 Å². The highest BCUT2D eigenvalue weighted by Crippen LogP contribution is 2.20. The van der Waals surface area contributed by atoms with Crippen molar-refractivity contribution >= 4 is 17.6 Å². The van der Waals surface area contributed by atoms with Crippen molar-refractivity contribution in [1.82, 2.24) is 0 Å². The van der Waals surface area contributed by atoms with Crippen LogP contribution in [0.2, 0.25) is 0 Å². The van der Waals surface area contributed by atoms with Crippen LogP contribution < -0.4 is 5.32 Å². The van der Waals surface area contributed by atoms with Gasteiger partial charge in [0.2, 0.25) is 0 Å². The predicted molar refractivity (Wildman–Crippen MR) is 107 cm³/mol. The number of carbonyl (C=O) groups excluding carboxylic acids is 2. The number of benzene rings is 3. The third kappa shape index (κ3) is 4.43. The minimum atomic E-state index is -1.01. The van der Waals surface area contributed by atoms with Crippen molar-refractivity contribution in [3.63, 3.8) is 0 Å². The molecule has 28 heavy (non-hydrogen) atoms. The first kappa shape index (κ1) is 18.9. The van der Waals surface area contributed by atoms with Gasteiger partial charge in [-0.05, 0) is 42.3 Å². The van der Waals surface area contributed by atoms with Gasteiger partial charge in [0, 0.05) is 0 Å². The van der Waals surface area contributed by atoms with E-state index in [1.807, 2.05) is 48.5 Å². The maximum atomic E-state index is 12.3. The average Bonchev–Trinajstić information content (AvgIpc) is 2.74. The molecule has 0 heterocycles. The number of nitriles is 1. The lowest BCUT2D eigenvalue weighted by Gasteiger charge is -2.14. The summed E-state index contributed by atoms with van der Waals surface area (Å²) in [5.41, 5.74) is 3.11. The highest BCUT2D eigenvalue weighted by Gasteiger charge is 2.20. The van der Waals surface area contributed by atoms with E-state index in [1.54, 1.807) is 36.4 Å². The zero-order valence-electron chi connectivity index (χ0n) is 15.3. The van der Waals surface area contributed by atoms with Crippen LogP contribution in [-0.4, -0.2) is 18.0 Å². The Morgan fingerprint density at radius 1 is 0.893 bits per heavy atom. The van der Waals surface area contributed by atoms with Crippen LogP contribution in [0.15, 0.2) is 78.9 Å². The summed E-state index contributed by atoms with van der Waals surface area (Å²) in [5, 5.41) is 11.7. The minimum absolute atomic E-state index is 0.339. The van der Waals surface area contributed by atoms with E-state index in [2.05, 4.69) is 5.32 Å². The predicted octanol–water partition coefficient (Wildman–Crippen LogP) is 4.41. The summed E-state index contributed by atoms with van der Waals surface area (Å²) in [6.07, 6.45) is -1.01. The average molecular weight is 370 g/mol. The number of rotatable bonds is 5. The first-order valence-electron chi connectivity index (χ1n) is 8.75. The lowest BCUT2D eigenvalue weighted by atomic mass is 10.0. The van der Waals surface area contributed by atoms with Gasteiger partial charge in [-0.25, -0.2) is 4.79 Å². The summed E-state index contributed by atoms with van der Waals surface area (Å²) in [6, 6.07) is 25.4. The number of hydrogen-bond acceptors (Lipinski definition) is 4. The fraction of sp³-hybridized carbons (Fsp3) is 0.0870. The summed E-state index contributed by atoms with van der Waals surface area (Å²) in [7, 11) is 0. The van der Waals surface area contributed by atoms with Crippen LogP contribution in [0.3, 0.4) is 0 Å². The Bertz CT molecular complexity index is 1020. The van der Waals surface area contributed by atoms with Crippen molar-refractivity contribution in [2.24, 2.45) is 0 Å². The molecular formula is C23H18N2O3. The third-order valence-electron chi connectivity index (χ3n) is 4.19. The maximum absolute atomic E-state index is 12.3. The highest BCUT2D eigenvalue weighted by atomic mass is 16.5. The number of hydrogen-bond donors (Lipinski definition) is 1. The van der Waals surface area contributed by atoms with E-state index in [0.29, 0.717) is 16.8 Å². The standard InChI is InChI=1S/C23H18N2O3/c1-16(22(26)25-21-10-6-5-9-20(21)15-24)28-23(27)19-13-11-18(12-14-19)17-7-3-2-4-8-17/h2-14,16H,1H3,(H,25,26)/t16-/m0/s1. The lowest BCUT2D eigenvalue weighted by molar-refractivity contribution is -0.123. The molecule has 0 unspecified atom stereocenters. The van der Waals surface area contributed by atoms with Crippen molar-refractivity contribution in [3.8, 4) is 17.2 Å². The molecule has 0 aromatic heterocycles. The molecule has 1 N–H and O–H groups in total. The van der Waals surface area contributed by atoms with E-state index in [1.165, 1.54) is 6.92 Å². The molecule has 0 saturated heterocycles. The summed E-state index contributed by atoms with van der Waals surface area (Å²) in [5.74, 6) is -1.09. The second kappa shape index (κ2) is 8.65. The summed E-state index contributed by atoms with van der Waals surface area (Å²) < 4.78 is 5.26. The van der Waals surface area contributed by atoms with Gasteiger partial charge in [-0.3, -0.25) is 4.79 Å². The number of anilines is 1. The number of amides is 1.